The lowest BCUT2D eigenvalue weighted by Crippen LogP contribution is -2.50. The van der Waals surface area contributed by atoms with Gasteiger partial charge in [0, 0.05) is 13.6 Å². The van der Waals surface area contributed by atoms with Gasteiger partial charge in [0.25, 0.3) is 0 Å². The van der Waals surface area contributed by atoms with E-state index >= 15 is 0 Å². The fraction of sp³-hybridized carbons (Fsp3) is 0.500. The number of methoxy groups -OCH3 is 1. The predicted octanol–water partition coefficient (Wildman–Crippen LogP) is 1.76. The molecule has 1 fully saturated rings. The summed E-state index contributed by atoms with van der Waals surface area (Å²) in [6.07, 6.45) is 2.12. The standard InChI is InChI=1S/C14H19N3O/c1-17(10-14(16,9-15)11-7-8-11)12-5-3-4-6-13(12)18-2/h3-6,11H,7-8,10,16H2,1-2H3. The molecule has 0 aliphatic heterocycles. The summed E-state index contributed by atoms with van der Waals surface area (Å²) in [5.41, 5.74) is 6.40. The van der Waals surface area contributed by atoms with E-state index in [9.17, 15) is 5.26 Å². The molecule has 1 aromatic carbocycles. The third kappa shape index (κ3) is 2.41. The van der Waals surface area contributed by atoms with Gasteiger partial charge in [0.2, 0.25) is 0 Å². The minimum Gasteiger partial charge on any atom is -0.495 e. The molecule has 1 saturated carbocycles. The molecule has 1 aromatic rings. The number of rotatable bonds is 5. The van der Waals surface area contributed by atoms with Gasteiger partial charge < -0.3 is 15.4 Å². The minimum absolute atomic E-state index is 0.333. The number of likely N-dealkylation sites (N-methyl/N-ethyl adjacent to an activating group) is 1. The summed E-state index contributed by atoms with van der Waals surface area (Å²) in [5.74, 6) is 1.13. The van der Waals surface area contributed by atoms with Crippen molar-refractivity contribution in [1.82, 2.24) is 0 Å². The van der Waals surface area contributed by atoms with Crippen molar-refractivity contribution in [3.63, 3.8) is 0 Å². The number of nitriles is 1. The van der Waals surface area contributed by atoms with Crippen molar-refractivity contribution in [3.05, 3.63) is 24.3 Å². The lowest BCUT2D eigenvalue weighted by atomic mass is 9.95. The monoisotopic (exact) mass is 245 g/mol. The van der Waals surface area contributed by atoms with E-state index in [1.807, 2.05) is 36.2 Å². The lowest BCUT2D eigenvalue weighted by molar-refractivity contribution is 0.412. The molecule has 1 aliphatic rings. The SMILES string of the molecule is COc1ccccc1N(C)CC(N)(C#N)C1CC1. The second-order valence-corrected chi connectivity index (χ2v) is 4.95. The lowest BCUT2D eigenvalue weighted by Gasteiger charge is -2.30. The molecule has 0 radical (unpaired) electrons. The van der Waals surface area contributed by atoms with E-state index in [-0.39, 0.29) is 0 Å². The molecule has 96 valence electrons. The molecule has 0 heterocycles. The van der Waals surface area contributed by atoms with Crippen molar-refractivity contribution in [2.24, 2.45) is 11.7 Å². The summed E-state index contributed by atoms with van der Waals surface area (Å²) in [7, 11) is 3.59. The van der Waals surface area contributed by atoms with Crippen molar-refractivity contribution >= 4 is 5.69 Å². The molecule has 0 amide bonds. The van der Waals surface area contributed by atoms with Crippen LogP contribution in [0.2, 0.25) is 0 Å². The largest absolute Gasteiger partial charge is 0.495 e. The Morgan fingerprint density at radius 1 is 1.50 bits per heavy atom. The van der Waals surface area contributed by atoms with Gasteiger partial charge >= 0.3 is 0 Å². The van der Waals surface area contributed by atoms with E-state index < -0.39 is 5.54 Å². The van der Waals surface area contributed by atoms with Crippen LogP contribution < -0.4 is 15.4 Å². The first-order valence-electron chi connectivity index (χ1n) is 6.15. The zero-order valence-corrected chi connectivity index (χ0v) is 10.9. The van der Waals surface area contributed by atoms with Crippen LogP contribution in [0, 0.1) is 17.2 Å². The molecule has 2 rings (SSSR count). The highest BCUT2D eigenvalue weighted by Gasteiger charge is 2.43. The van der Waals surface area contributed by atoms with Crippen LogP contribution in [-0.4, -0.2) is 26.2 Å². The fourth-order valence-electron chi connectivity index (χ4n) is 2.28. The molecular weight excluding hydrogens is 226 g/mol. The number of hydrogen-bond donors (Lipinski definition) is 1. The highest BCUT2D eigenvalue weighted by Crippen LogP contribution is 2.39. The smallest absolute Gasteiger partial charge is 0.142 e. The molecule has 0 saturated heterocycles. The predicted molar refractivity (Wildman–Crippen MR) is 71.5 cm³/mol. The second-order valence-electron chi connectivity index (χ2n) is 4.95. The Hall–Kier alpha value is -1.73. The average molecular weight is 245 g/mol. The Kier molecular flexibility index (Phi) is 3.44. The van der Waals surface area contributed by atoms with Crippen LogP contribution in [0.5, 0.6) is 5.75 Å². The van der Waals surface area contributed by atoms with Crippen molar-refractivity contribution in [3.8, 4) is 11.8 Å². The van der Waals surface area contributed by atoms with Crippen molar-refractivity contribution < 1.29 is 4.74 Å². The van der Waals surface area contributed by atoms with Gasteiger partial charge in [0.1, 0.15) is 11.3 Å². The number of nitrogens with two attached hydrogens (primary N) is 1. The molecule has 1 aliphatic carbocycles. The first-order chi connectivity index (χ1) is 8.60. The molecule has 2 N–H and O–H groups in total. The zero-order chi connectivity index (χ0) is 13.2. The molecule has 1 unspecified atom stereocenters. The number of benzene rings is 1. The average Bonchev–Trinajstić information content (AvgIpc) is 3.23. The maximum absolute atomic E-state index is 9.29. The van der Waals surface area contributed by atoms with Crippen LogP contribution >= 0.6 is 0 Å². The van der Waals surface area contributed by atoms with Crippen molar-refractivity contribution in [1.29, 1.82) is 5.26 Å². The highest BCUT2D eigenvalue weighted by molar-refractivity contribution is 5.58. The Morgan fingerprint density at radius 2 is 2.17 bits per heavy atom. The summed E-state index contributed by atoms with van der Waals surface area (Å²) in [6.45, 7) is 0.522. The Morgan fingerprint density at radius 3 is 2.72 bits per heavy atom. The van der Waals surface area contributed by atoms with Gasteiger partial charge in [-0.3, -0.25) is 0 Å². The van der Waals surface area contributed by atoms with E-state index in [0.717, 1.165) is 24.3 Å². The van der Waals surface area contributed by atoms with Gasteiger partial charge in [-0.25, -0.2) is 0 Å². The fourth-order valence-corrected chi connectivity index (χ4v) is 2.28. The Balaban J connectivity index is 2.16. The topological polar surface area (TPSA) is 62.3 Å². The van der Waals surface area contributed by atoms with Gasteiger partial charge in [-0.2, -0.15) is 5.26 Å². The normalized spacial score (nSPS) is 17.7. The van der Waals surface area contributed by atoms with E-state index in [4.69, 9.17) is 10.5 Å². The van der Waals surface area contributed by atoms with Crippen LogP contribution in [-0.2, 0) is 0 Å². The summed E-state index contributed by atoms with van der Waals surface area (Å²) in [4.78, 5) is 2.00. The van der Waals surface area contributed by atoms with Crippen molar-refractivity contribution in [2.45, 2.75) is 18.4 Å². The molecule has 0 aromatic heterocycles. The molecule has 4 heteroatoms. The first-order valence-corrected chi connectivity index (χ1v) is 6.15. The molecular formula is C14H19N3O. The number of anilines is 1. The van der Waals surface area contributed by atoms with Crippen LogP contribution in [0.1, 0.15) is 12.8 Å². The van der Waals surface area contributed by atoms with E-state index in [0.29, 0.717) is 12.5 Å². The number of nitrogens with zero attached hydrogens (tertiary/aromatic N) is 2. The van der Waals surface area contributed by atoms with Gasteiger partial charge in [0.05, 0.1) is 18.9 Å². The van der Waals surface area contributed by atoms with Crippen LogP contribution in [0.25, 0.3) is 0 Å². The van der Waals surface area contributed by atoms with Crippen LogP contribution in [0.4, 0.5) is 5.69 Å². The maximum Gasteiger partial charge on any atom is 0.142 e. The third-order valence-electron chi connectivity index (χ3n) is 3.51. The molecule has 18 heavy (non-hydrogen) atoms. The zero-order valence-electron chi connectivity index (χ0n) is 10.9. The number of para-hydroxylation sites is 2. The van der Waals surface area contributed by atoms with Crippen molar-refractivity contribution in [2.75, 3.05) is 25.6 Å². The summed E-state index contributed by atoms with van der Waals surface area (Å²) < 4.78 is 5.33. The van der Waals surface area contributed by atoms with Gasteiger partial charge in [-0.05, 0) is 30.9 Å². The van der Waals surface area contributed by atoms with E-state index in [1.165, 1.54) is 0 Å². The quantitative estimate of drug-likeness (QED) is 0.858. The van der Waals surface area contributed by atoms with E-state index in [2.05, 4.69) is 6.07 Å². The number of ether oxygens (including phenoxy) is 1. The third-order valence-corrected chi connectivity index (χ3v) is 3.51. The number of hydrogen-bond acceptors (Lipinski definition) is 4. The molecule has 0 spiro atoms. The van der Waals surface area contributed by atoms with Crippen LogP contribution in [0.3, 0.4) is 0 Å². The second kappa shape index (κ2) is 4.87. The summed E-state index contributed by atoms with van der Waals surface area (Å²) in [5, 5.41) is 9.29. The maximum atomic E-state index is 9.29. The molecule has 1 atom stereocenters. The highest BCUT2D eigenvalue weighted by atomic mass is 16.5. The Bertz CT molecular complexity index is 464. The summed E-state index contributed by atoms with van der Waals surface area (Å²) in [6, 6.07) is 10.0. The Labute approximate surface area is 108 Å². The minimum atomic E-state index is -0.754. The van der Waals surface area contributed by atoms with Gasteiger partial charge in [0.15, 0.2) is 0 Å². The van der Waals surface area contributed by atoms with Gasteiger partial charge in [-0.1, -0.05) is 12.1 Å². The first kappa shape index (κ1) is 12.7. The molecule has 0 bridgehead atoms. The van der Waals surface area contributed by atoms with Gasteiger partial charge in [-0.15, -0.1) is 0 Å². The summed E-state index contributed by atoms with van der Waals surface area (Å²) >= 11 is 0. The van der Waals surface area contributed by atoms with E-state index in [1.54, 1.807) is 7.11 Å². The molecule has 4 nitrogen and oxygen atoms in total. The van der Waals surface area contributed by atoms with Crippen LogP contribution in [0.15, 0.2) is 24.3 Å².